The van der Waals surface area contributed by atoms with Crippen LogP contribution in [0.4, 0.5) is 4.39 Å². The van der Waals surface area contributed by atoms with Crippen LogP contribution in [0.1, 0.15) is 11.1 Å². The monoisotopic (exact) mass is 279 g/mol. The van der Waals surface area contributed by atoms with Gasteiger partial charge in [-0.2, -0.15) is 10.4 Å². The van der Waals surface area contributed by atoms with Crippen molar-refractivity contribution in [3.05, 3.63) is 52.0 Å². The van der Waals surface area contributed by atoms with Crippen molar-refractivity contribution in [3.8, 4) is 6.07 Å². The average molecular weight is 280 g/mol. The van der Waals surface area contributed by atoms with Crippen molar-refractivity contribution in [3.63, 3.8) is 0 Å². The van der Waals surface area contributed by atoms with Gasteiger partial charge in [0, 0.05) is 11.8 Å². The van der Waals surface area contributed by atoms with E-state index in [1.165, 1.54) is 6.07 Å². The van der Waals surface area contributed by atoms with E-state index in [9.17, 15) is 4.39 Å². The molecule has 3 nitrogen and oxygen atoms in total. The Hall–Kier alpha value is -1.67. The standard InChI is InChI=1S/C11H7BrFN3/c12-10-5-15-16(7-10)6-9-2-1-8(4-14)3-11(9)13/h1-3,5,7H,6H2. The smallest absolute Gasteiger partial charge is 0.129 e. The fourth-order valence-electron chi connectivity index (χ4n) is 1.34. The van der Waals surface area contributed by atoms with Gasteiger partial charge in [-0.1, -0.05) is 6.07 Å². The van der Waals surface area contributed by atoms with Crippen LogP contribution in [0.5, 0.6) is 0 Å². The molecule has 1 aromatic heterocycles. The number of hydrogen-bond acceptors (Lipinski definition) is 2. The molecule has 0 unspecified atom stereocenters. The summed E-state index contributed by atoms with van der Waals surface area (Å²) in [6.45, 7) is 0.350. The molecular weight excluding hydrogens is 273 g/mol. The van der Waals surface area contributed by atoms with Crippen LogP contribution in [0.2, 0.25) is 0 Å². The van der Waals surface area contributed by atoms with Crippen molar-refractivity contribution in [1.29, 1.82) is 5.26 Å². The van der Waals surface area contributed by atoms with E-state index in [0.29, 0.717) is 17.7 Å². The highest BCUT2D eigenvalue weighted by atomic mass is 79.9. The third-order valence-electron chi connectivity index (χ3n) is 2.12. The van der Waals surface area contributed by atoms with E-state index in [-0.39, 0.29) is 5.82 Å². The van der Waals surface area contributed by atoms with E-state index < -0.39 is 0 Å². The zero-order valence-electron chi connectivity index (χ0n) is 8.19. The van der Waals surface area contributed by atoms with Crippen LogP contribution in [-0.4, -0.2) is 9.78 Å². The summed E-state index contributed by atoms with van der Waals surface area (Å²) in [5, 5.41) is 12.6. The van der Waals surface area contributed by atoms with Crippen molar-refractivity contribution < 1.29 is 4.39 Å². The van der Waals surface area contributed by atoms with E-state index in [1.807, 2.05) is 6.07 Å². The zero-order chi connectivity index (χ0) is 11.5. The zero-order valence-corrected chi connectivity index (χ0v) is 9.78. The highest BCUT2D eigenvalue weighted by Gasteiger charge is 2.05. The highest BCUT2D eigenvalue weighted by Crippen LogP contribution is 2.13. The third-order valence-corrected chi connectivity index (χ3v) is 2.53. The maximum atomic E-state index is 13.5. The largest absolute Gasteiger partial charge is 0.267 e. The Morgan fingerprint density at radius 1 is 1.50 bits per heavy atom. The summed E-state index contributed by atoms with van der Waals surface area (Å²) in [5.74, 6) is -0.384. The molecule has 0 aliphatic carbocycles. The maximum Gasteiger partial charge on any atom is 0.129 e. The molecule has 16 heavy (non-hydrogen) atoms. The molecule has 0 aliphatic heterocycles. The van der Waals surface area contributed by atoms with Gasteiger partial charge >= 0.3 is 0 Å². The van der Waals surface area contributed by atoms with Crippen molar-refractivity contribution >= 4 is 15.9 Å². The first-order chi connectivity index (χ1) is 7.69. The van der Waals surface area contributed by atoms with Crippen LogP contribution in [0.3, 0.4) is 0 Å². The Balaban J connectivity index is 2.26. The number of halogens is 2. The van der Waals surface area contributed by atoms with Crippen molar-refractivity contribution in [2.45, 2.75) is 6.54 Å². The Labute approximate surface area is 100 Å². The summed E-state index contributed by atoms with van der Waals surface area (Å²) in [7, 11) is 0. The summed E-state index contributed by atoms with van der Waals surface area (Å²) < 4.78 is 16.0. The van der Waals surface area contributed by atoms with Gasteiger partial charge in [0.25, 0.3) is 0 Å². The minimum atomic E-state index is -0.384. The lowest BCUT2D eigenvalue weighted by molar-refractivity contribution is 0.584. The molecule has 0 bridgehead atoms. The minimum Gasteiger partial charge on any atom is -0.267 e. The van der Waals surface area contributed by atoms with Gasteiger partial charge < -0.3 is 0 Å². The minimum absolute atomic E-state index is 0.322. The number of nitrogens with zero attached hydrogens (tertiary/aromatic N) is 3. The second-order valence-corrected chi connectivity index (χ2v) is 4.19. The van der Waals surface area contributed by atoms with E-state index >= 15 is 0 Å². The first-order valence-corrected chi connectivity index (χ1v) is 5.35. The second-order valence-electron chi connectivity index (χ2n) is 3.27. The molecule has 0 radical (unpaired) electrons. The summed E-state index contributed by atoms with van der Waals surface area (Å²) in [4.78, 5) is 0. The summed E-state index contributed by atoms with van der Waals surface area (Å²) in [6, 6.07) is 6.32. The Morgan fingerprint density at radius 2 is 2.31 bits per heavy atom. The van der Waals surface area contributed by atoms with Gasteiger partial charge in [-0.15, -0.1) is 0 Å². The molecule has 2 aromatic rings. The topological polar surface area (TPSA) is 41.6 Å². The molecular formula is C11H7BrFN3. The molecule has 0 saturated carbocycles. The molecule has 80 valence electrons. The van der Waals surface area contributed by atoms with E-state index in [4.69, 9.17) is 5.26 Å². The van der Waals surface area contributed by atoms with Gasteiger partial charge in [-0.05, 0) is 28.1 Å². The normalized spacial score (nSPS) is 10.1. The van der Waals surface area contributed by atoms with Crippen LogP contribution in [0.15, 0.2) is 35.1 Å². The first kappa shape index (κ1) is 10.8. The van der Waals surface area contributed by atoms with Crippen LogP contribution in [0, 0.1) is 17.1 Å². The average Bonchev–Trinajstić information content (AvgIpc) is 2.67. The third kappa shape index (κ3) is 2.28. The molecule has 1 heterocycles. The molecule has 2 rings (SSSR count). The maximum absolute atomic E-state index is 13.5. The van der Waals surface area contributed by atoms with E-state index in [0.717, 1.165) is 4.47 Å². The molecule has 0 fully saturated rings. The fraction of sp³-hybridized carbons (Fsp3) is 0.0909. The van der Waals surface area contributed by atoms with Gasteiger partial charge in [-0.3, -0.25) is 4.68 Å². The van der Waals surface area contributed by atoms with Gasteiger partial charge in [0.05, 0.1) is 28.8 Å². The van der Waals surface area contributed by atoms with Crippen LogP contribution >= 0.6 is 15.9 Å². The predicted octanol–water partition coefficient (Wildman–Crippen LogP) is 2.70. The number of hydrogen-bond donors (Lipinski definition) is 0. The molecule has 0 aliphatic rings. The lowest BCUT2D eigenvalue weighted by Gasteiger charge is -2.03. The quantitative estimate of drug-likeness (QED) is 0.848. The van der Waals surface area contributed by atoms with Crippen molar-refractivity contribution in [2.24, 2.45) is 0 Å². The summed E-state index contributed by atoms with van der Waals surface area (Å²) in [5.41, 5.74) is 0.831. The molecule has 0 amide bonds. The van der Waals surface area contributed by atoms with Gasteiger partial charge in [0.2, 0.25) is 0 Å². The van der Waals surface area contributed by atoms with Crippen LogP contribution in [-0.2, 0) is 6.54 Å². The SMILES string of the molecule is N#Cc1ccc(Cn2cc(Br)cn2)c(F)c1. The predicted molar refractivity (Wildman–Crippen MR) is 60.1 cm³/mol. The van der Waals surface area contributed by atoms with E-state index in [1.54, 1.807) is 29.2 Å². The summed E-state index contributed by atoms with van der Waals surface area (Å²) >= 11 is 3.27. The van der Waals surface area contributed by atoms with Gasteiger partial charge in [-0.25, -0.2) is 4.39 Å². The van der Waals surface area contributed by atoms with Crippen LogP contribution in [0.25, 0.3) is 0 Å². The highest BCUT2D eigenvalue weighted by molar-refractivity contribution is 9.10. The lowest BCUT2D eigenvalue weighted by Crippen LogP contribution is -2.02. The Kier molecular flexibility index (Phi) is 3.02. The van der Waals surface area contributed by atoms with Crippen molar-refractivity contribution in [2.75, 3.05) is 0 Å². The number of aromatic nitrogens is 2. The molecule has 1 aromatic carbocycles. The number of rotatable bonds is 2. The second kappa shape index (κ2) is 4.45. The van der Waals surface area contributed by atoms with Crippen molar-refractivity contribution in [1.82, 2.24) is 9.78 Å². The summed E-state index contributed by atoms with van der Waals surface area (Å²) in [6.07, 6.45) is 3.40. The Bertz CT molecular complexity index is 557. The molecule has 0 saturated heterocycles. The first-order valence-electron chi connectivity index (χ1n) is 4.55. The van der Waals surface area contributed by atoms with Gasteiger partial charge in [0.1, 0.15) is 5.82 Å². The Morgan fingerprint density at radius 3 is 2.88 bits per heavy atom. The van der Waals surface area contributed by atoms with Gasteiger partial charge in [0.15, 0.2) is 0 Å². The number of nitriles is 1. The van der Waals surface area contributed by atoms with E-state index in [2.05, 4.69) is 21.0 Å². The lowest BCUT2D eigenvalue weighted by atomic mass is 10.1. The van der Waals surface area contributed by atoms with Crippen LogP contribution < -0.4 is 0 Å². The molecule has 0 N–H and O–H groups in total. The fourth-order valence-corrected chi connectivity index (χ4v) is 1.67. The molecule has 5 heteroatoms. The molecule has 0 spiro atoms. The molecule has 0 atom stereocenters. The number of benzene rings is 1.